The van der Waals surface area contributed by atoms with Crippen LogP contribution in [-0.2, 0) is 4.79 Å². The average Bonchev–Trinajstić information content (AvgIpc) is 3.03. The van der Waals surface area contributed by atoms with Gasteiger partial charge in [-0.3, -0.25) is 10.1 Å². The number of nitrogens with zero attached hydrogens (tertiary/aromatic N) is 1. The Morgan fingerprint density at radius 3 is 2.65 bits per heavy atom. The highest BCUT2D eigenvalue weighted by Crippen LogP contribution is 2.38. The van der Waals surface area contributed by atoms with E-state index in [0.29, 0.717) is 18.6 Å². The first-order valence-corrected chi connectivity index (χ1v) is 7.81. The zero-order valence-corrected chi connectivity index (χ0v) is 12.4. The van der Waals surface area contributed by atoms with E-state index >= 15 is 0 Å². The number of carbonyl (C=O) groups is 1. The van der Waals surface area contributed by atoms with E-state index in [1.807, 2.05) is 30.3 Å². The predicted molar refractivity (Wildman–Crippen MR) is 80.0 cm³/mol. The van der Waals surface area contributed by atoms with Gasteiger partial charge >= 0.3 is 0 Å². The Kier molecular flexibility index (Phi) is 3.79. The third-order valence-electron chi connectivity index (χ3n) is 5.24. The minimum absolute atomic E-state index is 0.149. The van der Waals surface area contributed by atoms with Crippen LogP contribution in [0.3, 0.4) is 0 Å². The van der Waals surface area contributed by atoms with Gasteiger partial charge in [0, 0.05) is 6.04 Å². The van der Waals surface area contributed by atoms with Crippen molar-refractivity contribution in [3.8, 4) is 0 Å². The van der Waals surface area contributed by atoms with Crippen LogP contribution < -0.4 is 5.32 Å². The van der Waals surface area contributed by atoms with Crippen molar-refractivity contribution in [2.45, 2.75) is 45.2 Å². The Morgan fingerprint density at radius 1 is 1.25 bits per heavy atom. The molecule has 0 bridgehead atoms. The lowest BCUT2D eigenvalue weighted by Crippen LogP contribution is -2.40. The van der Waals surface area contributed by atoms with Gasteiger partial charge in [0.15, 0.2) is 0 Å². The van der Waals surface area contributed by atoms with Crippen molar-refractivity contribution in [1.82, 2.24) is 10.2 Å². The third-order valence-corrected chi connectivity index (χ3v) is 5.24. The predicted octanol–water partition coefficient (Wildman–Crippen LogP) is 2.94. The monoisotopic (exact) mass is 272 g/mol. The lowest BCUT2D eigenvalue weighted by molar-refractivity contribution is -0.131. The number of nitrogens with one attached hydrogen (secondary N) is 1. The molecule has 3 rings (SSSR count). The molecule has 2 aliphatic rings. The van der Waals surface area contributed by atoms with Gasteiger partial charge in [0.2, 0.25) is 5.91 Å². The smallest absolute Gasteiger partial charge is 0.245 e. The first-order valence-electron chi connectivity index (χ1n) is 7.81. The maximum absolute atomic E-state index is 12.7. The summed E-state index contributed by atoms with van der Waals surface area (Å²) in [6, 6.07) is 10.3. The van der Waals surface area contributed by atoms with Gasteiger partial charge in [-0.2, -0.15) is 0 Å². The lowest BCUT2D eigenvalue weighted by Gasteiger charge is -2.29. The quantitative estimate of drug-likeness (QED) is 0.917. The van der Waals surface area contributed by atoms with E-state index in [9.17, 15) is 4.79 Å². The number of rotatable bonds is 3. The topological polar surface area (TPSA) is 32.3 Å². The second-order valence-electron chi connectivity index (χ2n) is 6.19. The molecule has 1 aliphatic carbocycles. The average molecular weight is 272 g/mol. The molecule has 0 radical (unpaired) electrons. The molecule has 1 aromatic rings. The molecule has 2 fully saturated rings. The summed E-state index contributed by atoms with van der Waals surface area (Å²) in [6.07, 6.45) is 3.66. The molecule has 1 saturated heterocycles. The summed E-state index contributed by atoms with van der Waals surface area (Å²) in [4.78, 5) is 14.8. The van der Waals surface area contributed by atoms with Crippen LogP contribution in [0.25, 0.3) is 0 Å². The van der Waals surface area contributed by atoms with Crippen molar-refractivity contribution in [1.29, 1.82) is 0 Å². The summed E-state index contributed by atoms with van der Waals surface area (Å²) in [7, 11) is 0. The second kappa shape index (κ2) is 5.57. The van der Waals surface area contributed by atoms with E-state index in [0.717, 1.165) is 17.9 Å². The fourth-order valence-electron chi connectivity index (χ4n) is 3.95. The molecule has 1 heterocycles. The van der Waals surface area contributed by atoms with Gasteiger partial charge in [0.05, 0.1) is 6.67 Å². The van der Waals surface area contributed by atoms with E-state index in [2.05, 4.69) is 24.1 Å². The molecule has 4 atom stereocenters. The Morgan fingerprint density at radius 2 is 2.00 bits per heavy atom. The zero-order chi connectivity index (χ0) is 14.1. The highest BCUT2D eigenvalue weighted by Gasteiger charge is 2.42. The summed E-state index contributed by atoms with van der Waals surface area (Å²) in [5, 5.41) is 3.38. The Labute approximate surface area is 121 Å². The molecule has 0 spiro atoms. The van der Waals surface area contributed by atoms with Crippen molar-refractivity contribution in [3.05, 3.63) is 35.9 Å². The lowest BCUT2D eigenvalue weighted by atomic mass is 9.93. The molecule has 108 valence electrons. The third kappa shape index (κ3) is 2.24. The van der Waals surface area contributed by atoms with E-state index in [4.69, 9.17) is 0 Å². The van der Waals surface area contributed by atoms with Crippen LogP contribution >= 0.6 is 0 Å². The molecule has 4 unspecified atom stereocenters. The Balaban J connectivity index is 1.73. The molecule has 1 aromatic carbocycles. The summed E-state index contributed by atoms with van der Waals surface area (Å²) >= 11 is 0. The molecule has 20 heavy (non-hydrogen) atoms. The Hall–Kier alpha value is -1.35. The van der Waals surface area contributed by atoms with E-state index in [1.54, 1.807) is 0 Å². The maximum Gasteiger partial charge on any atom is 0.245 e. The fourth-order valence-corrected chi connectivity index (χ4v) is 3.95. The number of amides is 1. The van der Waals surface area contributed by atoms with Gasteiger partial charge < -0.3 is 4.90 Å². The standard InChI is InChI=1S/C17H24N2O/c1-3-13-9-10-15(12(13)2)19-11-18-16(17(19)20)14-7-5-4-6-8-14/h4-8,12-13,15-16,18H,3,9-11H2,1-2H3. The summed E-state index contributed by atoms with van der Waals surface area (Å²) in [6.45, 7) is 5.28. The number of hydrogen-bond acceptors (Lipinski definition) is 2. The largest absolute Gasteiger partial charge is 0.325 e. The highest BCUT2D eigenvalue weighted by atomic mass is 16.2. The molecule has 0 aromatic heterocycles. The van der Waals surface area contributed by atoms with Crippen molar-refractivity contribution in [2.24, 2.45) is 11.8 Å². The summed E-state index contributed by atoms with van der Waals surface area (Å²) in [5.41, 5.74) is 1.08. The minimum Gasteiger partial charge on any atom is -0.325 e. The van der Waals surface area contributed by atoms with Crippen LogP contribution in [0.4, 0.5) is 0 Å². The van der Waals surface area contributed by atoms with Gasteiger partial charge in [-0.1, -0.05) is 50.6 Å². The van der Waals surface area contributed by atoms with E-state index in [1.165, 1.54) is 12.8 Å². The van der Waals surface area contributed by atoms with E-state index in [-0.39, 0.29) is 11.9 Å². The van der Waals surface area contributed by atoms with Gasteiger partial charge in [-0.25, -0.2) is 0 Å². The minimum atomic E-state index is -0.149. The van der Waals surface area contributed by atoms with Crippen molar-refractivity contribution < 1.29 is 4.79 Å². The maximum atomic E-state index is 12.7. The van der Waals surface area contributed by atoms with Gasteiger partial charge in [0.25, 0.3) is 0 Å². The molecule has 1 aliphatic heterocycles. The fraction of sp³-hybridized carbons (Fsp3) is 0.588. The molecule has 1 amide bonds. The van der Waals surface area contributed by atoms with Crippen LogP contribution in [0, 0.1) is 11.8 Å². The van der Waals surface area contributed by atoms with Crippen LogP contribution in [0.15, 0.2) is 30.3 Å². The van der Waals surface area contributed by atoms with Crippen LogP contribution in [0.5, 0.6) is 0 Å². The zero-order valence-electron chi connectivity index (χ0n) is 12.4. The summed E-state index contributed by atoms with van der Waals surface area (Å²) in [5.74, 6) is 1.66. The van der Waals surface area contributed by atoms with Crippen LogP contribution in [-0.4, -0.2) is 23.5 Å². The van der Waals surface area contributed by atoms with Gasteiger partial charge in [0.1, 0.15) is 6.04 Å². The number of carbonyl (C=O) groups excluding carboxylic acids is 1. The summed E-state index contributed by atoms with van der Waals surface area (Å²) < 4.78 is 0. The van der Waals surface area contributed by atoms with Crippen LogP contribution in [0.1, 0.15) is 44.7 Å². The number of hydrogen-bond donors (Lipinski definition) is 1. The molecule has 1 saturated carbocycles. The molecule has 1 N–H and O–H groups in total. The first-order chi connectivity index (χ1) is 9.72. The second-order valence-corrected chi connectivity index (χ2v) is 6.19. The van der Waals surface area contributed by atoms with Gasteiger partial charge in [-0.15, -0.1) is 0 Å². The molecular weight excluding hydrogens is 248 g/mol. The first kappa shape index (κ1) is 13.6. The van der Waals surface area contributed by atoms with Crippen LogP contribution in [0.2, 0.25) is 0 Å². The molecule has 3 heteroatoms. The van der Waals surface area contributed by atoms with E-state index < -0.39 is 0 Å². The number of benzene rings is 1. The SMILES string of the molecule is CCC1CCC(N2CNC(c3ccccc3)C2=O)C1C. The van der Waals surface area contributed by atoms with Crippen molar-refractivity contribution in [2.75, 3.05) is 6.67 Å². The molecule has 3 nitrogen and oxygen atoms in total. The Bertz CT molecular complexity index is 473. The highest BCUT2D eigenvalue weighted by molar-refractivity contribution is 5.85. The van der Waals surface area contributed by atoms with Crippen molar-refractivity contribution in [3.63, 3.8) is 0 Å². The van der Waals surface area contributed by atoms with Gasteiger partial charge in [-0.05, 0) is 30.2 Å². The molecular formula is C17H24N2O. The van der Waals surface area contributed by atoms with Crippen molar-refractivity contribution >= 4 is 5.91 Å². The normalized spacial score (nSPS) is 33.9.